The molecule has 0 aromatic heterocycles. The zero-order valence-electron chi connectivity index (χ0n) is 12.5. The van der Waals surface area contributed by atoms with Crippen LogP contribution in [-0.2, 0) is 4.74 Å². The number of phenols is 1. The van der Waals surface area contributed by atoms with Gasteiger partial charge >= 0.3 is 0 Å². The number of ether oxygens (including phenoxy) is 1. The molecule has 3 nitrogen and oxygen atoms in total. The van der Waals surface area contributed by atoms with Crippen molar-refractivity contribution >= 4 is 0 Å². The van der Waals surface area contributed by atoms with Crippen molar-refractivity contribution in [1.82, 2.24) is 5.32 Å². The van der Waals surface area contributed by atoms with Crippen LogP contribution in [0.1, 0.15) is 48.4 Å². The van der Waals surface area contributed by atoms with Gasteiger partial charge < -0.3 is 15.2 Å². The summed E-state index contributed by atoms with van der Waals surface area (Å²) in [7, 11) is 0. The molecule has 1 aliphatic rings. The number of rotatable bonds is 7. The van der Waals surface area contributed by atoms with Crippen molar-refractivity contribution in [2.24, 2.45) is 0 Å². The highest BCUT2D eigenvalue weighted by Gasteiger charge is 2.31. The molecule has 3 heteroatoms. The summed E-state index contributed by atoms with van der Waals surface area (Å²) >= 11 is 0. The van der Waals surface area contributed by atoms with E-state index in [2.05, 4.69) is 25.7 Å². The summed E-state index contributed by atoms with van der Waals surface area (Å²) in [5.41, 5.74) is 3.68. The summed E-state index contributed by atoms with van der Waals surface area (Å²) in [5.74, 6) is 0.913. The number of nitrogens with one attached hydrogen (secondary N) is 1. The Morgan fingerprint density at radius 3 is 2.95 bits per heavy atom. The Labute approximate surface area is 121 Å². The lowest BCUT2D eigenvalue weighted by Gasteiger charge is -2.16. The zero-order valence-corrected chi connectivity index (χ0v) is 12.5. The molecule has 1 aliphatic carbocycles. The van der Waals surface area contributed by atoms with Gasteiger partial charge in [-0.15, -0.1) is 6.58 Å². The first-order valence-corrected chi connectivity index (χ1v) is 7.39. The van der Waals surface area contributed by atoms with Gasteiger partial charge in [-0.2, -0.15) is 0 Å². The number of fused-ring (bicyclic) bond motifs is 1. The molecule has 0 heterocycles. The van der Waals surface area contributed by atoms with E-state index >= 15 is 0 Å². The van der Waals surface area contributed by atoms with Crippen LogP contribution in [0.15, 0.2) is 24.8 Å². The Morgan fingerprint density at radius 2 is 2.20 bits per heavy atom. The van der Waals surface area contributed by atoms with E-state index in [9.17, 15) is 5.11 Å². The second-order valence-electron chi connectivity index (χ2n) is 5.56. The van der Waals surface area contributed by atoms with Crippen molar-refractivity contribution in [3.63, 3.8) is 0 Å². The lowest BCUT2D eigenvalue weighted by atomic mass is 9.97. The molecule has 0 radical (unpaired) electrons. The number of aromatic hydroxyl groups is 1. The molecule has 2 unspecified atom stereocenters. The van der Waals surface area contributed by atoms with Crippen LogP contribution < -0.4 is 5.32 Å². The molecule has 0 saturated carbocycles. The number of hydrogen-bond acceptors (Lipinski definition) is 3. The van der Waals surface area contributed by atoms with Gasteiger partial charge in [-0.3, -0.25) is 0 Å². The van der Waals surface area contributed by atoms with Crippen LogP contribution in [0, 0.1) is 6.92 Å². The van der Waals surface area contributed by atoms with E-state index in [0.29, 0.717) is 18.3 Å². The molecule has 0 amide bonds. The maximum atomic E-state index is 10.1. The zero-order chi connectivity index (χ0) is 14.5. The highest BCUT2D eigenvalue weighted by Crippen LogP contribution is 2.45. The highest BCUT2D eigenvalue weighted by atomic mass is 16.5. The van der Waals surface area contributed by atoms with Gasteiger partial charge in [0.05, 0.1) is 13.2 Å². The van der Waals surface area contributed by atoms with Gasteiger partial charge in [0.15, 0.2) is 0 Å². The molecule has 1 aromatic carbocycles. The van der Waals surface area contributed by atoms with Crippen LogP contribution in [0.25, 0.3) is 0 Å². The molecule has 20 heavy (non-hydrogen) atoms. The summed E-state index contributed by atoms with van der Waals surface area (Å²) in [6, 6.07) is 4.05. The van der Waals surface area contributed by atoms with Gasteiger partial charge in [0.25, 0.3) is 0 Å². The Hall–Kier alpha value is -1.32. The van der Waals surface area contributed by atoms with Crippen LogP contribution >= 0.6 is 0 Å². The van der Waals surface area contributed by atoms with Crippen LogP contribution in [0.4, 0.5) is 0 Å². The fourth-order valence-electron chi connectivity index (χ4n) is 3.10. The van der Waals surface area contributed by atoms with E-state index in [4.69, 9.17) is 4.74 Å². The third-order valence-corrected chi connectivity index (χ3v) is 4.02. The van der Waals surface area contributed by atoms with Gasteiger partial charge in [0, 0.05) is 18.2 Å². The highest BCUT2D eigenvalue weighted by molar-refractivity contribution is 5.50. The average Bonchev–Trinajstić information content (AvgIpc) is 2.76. The molecule has 0 fully saturated rings. The van der Waals surface area contributed by atoms with E-state index in [1.807, 2.05) is 18.2 Å². The SMILES string of the molecule is C=CCCOCCNC1CC(C)c2c(C)ccc(O)c21. The lowest BCUT2D eigenvalue weighted by molar-refractivity contribution is 0.138. The lowest BCUT2D eigenvalue weighted by Crippen LogP contribution is -2.24. The largest absolute Gasteiger partial charge is 0.508 e. The molecule has 2 atom stereocenters. The van der Waals surface area contributed by atoms with Crippen LogP contribution in [0.2, 0.25) is 0 Å². The number of aryl methyl sites for hydroxylation is 1. The van der Waals surface area contributed by atoms with Crippen LogP contribution in [0.5, 0.6) is 5.75 Å². The van der Waals surface area contributed by atoms with E-state index in [1.165, 1.54) is 11.1 Å². The topological polar surface area (TPSA) is 41.5 Å². The maximum absolute atomic E-state index is 10.1. The van der Waals surface area contributed by atoms with Crippen molar-refractivity contribution in [1.29, 1.82) is 0 Å². The molecular weight excluding hydrogens is 250 g/mol. The Balaban J connectivity index is 1.93. The second kappa shape index (κ2) is 6.91. The minimum absolute atomic E-state index is 0.239. The standard InChI is InChI=1S/C17H25NO2/c1-4-5-9-20-10-8-18-14-11-13(3)16-12(2)6-7-15(19)17(14)16/h4,6-7,13-14,18-19H,1,5,8-11H2,2-3H3. The fourth-order valence-corrected chi connectivity index (χ4v) is 3.10. The summed E-state index contributed by atoms with van der Waals surface area (Å²) in [6.07, 6.45) is 3.80. The van der Waals surface area contributed by atoms with E-state index < -0.39 is 0 Å². The fraction of sp³-hybridized carbons (Fsp3) is 0.529. The van der Waals surface area contributed by atoms with Gasteiger partial charge in [-0.25, -0.2) is 0 Å². The molecule has 0 spiro atoms. The molecule has 0 saturated heterocycles. The summed E-state index contributed by atoms with van der Waals surface area (Å²) in [4.78, 5) is 0. The first kappa shape index (κ1) is 15.1. The van der Waals surface area contributed by atoms with Gasteiger partial charge in [-0.05, 0) is 42.9 Å². The molecule has 2 rings (SSSR count). The van der Waals surface area contributed by atoms with E-state index in [-0.39, 0.29) is 6.04 Å². The number of phenolic OH excluding ortho intramolecular Hbond substituents is 1. The molecule has 110 valence electrons. The number of benzene rings is 1. The molecular formula is C17H25NO2. The predicted octanol–water partition coefficient (Wildman–Crippen LogP) is 3.43. The monoisotopic (exact) mass is 275 g/mol. The number of hydrogen-bond donors (Lipinski definition) is 2. The Morgan fingerprint density at radius 1 is 1.40 bits per heavy atom. The second-order valence-corrected chi connectivity index (χ2v) is 5.56. The molecule has 0 bridgehead atoms. The maximum Gasteiger partial charge on any atom is 0.120 e. The molecule has 1 aromatic rings. The molecule has 0 aliphatic heterocycles. The molecule has 2 N–H and O–H groups in total. The summed E-state index contributed by atoms with van der Waals surface area (Å²) in [5, 5.41) is 13.6. The summed E-state index contributed by atoms with van der Waals surface area (Å²) < 4.78 is 5.51. The smallest absolute Gasteiger partial charge is 0.120 e. The van der Waals surface area contributed by atoms with Crippen molar-refractivity contribution < 1.29 is 9.84 Å². The minimum Gasteiger partial charge on any atom is -0.508 e. The van der Waals surface area contributed by atoms with Gasteiger partial charge in [0.2, 0.25) is 0 Å². The van der Waals surface area contributed by atoms with Crippen LogP contribution in [-0.4, -0.2) is 24.9 Å². The van der Waals surface area contributed by atoms with Crippen LogP contribution in [0.3, 0.4) is 0 Å². The third kappa shape index (κ3) is 3.22. The van der Waals surface area contributed by atoms with Gasteiger partial charge in [0.1, 0.15) is 5.75 Å². The third-order valence-electron chi connectivity index (χ3n) is 4.02. The van der Waals surface area contributed by atoms with Gasteiger partial charge in [-0.1, -0.05) is 19.1 Å². The first-order chi connectivity index (χ1) is 9.65. The predicted molar refractivity (Wildman–Crippen MR) is 82.3 cm³/mol. The minimum atomic E-state index is 0.239. The van der Waals surface area contributed by atoms with E-state index in [1.54, 1.807) is 0 Å². The van der Waals surface area contributed by atoms with Crippen molar-refractivity contribution in [2.75, 3.05) is 19.8 Å². The van der Waals surface area contributed by atoms with Crippen molar-refractivity contribution in [3.05, 3.63) is 41.5 Å². The average molecular weight is 275 g/mol. The van der Waals surface area contributed by atoms with E-state index in [0.717, 1.165) is 31.6 Å². The van der Waals surface area contributed by atoms with Crippen molar-refractivity contribution in [3.8, 4) is 5.75 Å². The quantitative estimate of drug-likeness (QED) is 0.591. The Kier molecular flexibility index (Phi) is 5.21. The Bertz CT molecular complexity index is 470. The summed E-state index contributed by atoms with van der Waals surface area (Å²) in [6.45, 7) is 10.3. The normalized spacial score (nSPS) is 20.9. The van der Waals surface area contributed by atoms with Crippen molar-refractivity contribution in [2.45, 2.75) is 38.6 Å². The first-order valence-electron chi connectivity index (χ1n) is 7.39.